The Morgan fingerprint density at radius 2 is 2.17 bits per heavy atom. The van der Waals surface area contributed by atoms with Gasteiger partial charge in [-0.1, -0.05) is 6.42 Å². The molecule has 2 aliphatic rings. The number of rotatable bonds is 4. The number of amides is 2. The second kappa shape index (κ2) is 6.60. The molecule has 7 heteroatoms. The molecule has 0 aromatic carbocycles. The number of ether oxygens (including phenoxy) is 1. The summed E-state index contributed by atoms with van der Waals surface area (Å²) in [5, 5.41) is 7.18. The van der Waals surface area contributed by atoms with Crippen molar-refractivity contribution in [2.45, 2.75) is 58.8 Å². The number of carbonyl (C=O) groups excluding carboxylic acids is 2. The summed E-state index contributed by atoms with van der Waals surface area (Å²) in [6, 6.07) is 1.95. The summed E-state index contributed by atoms with van der Waals surface area (Å²) >= 11 is 0. The summed E-state index contributed by atoms with van der Waals surface area (Å²) < 4.78 is 6.96. The van der Waals surface area contributed by atoms with Crippen LogP contribution in [0, 0.1) is 5.92 Å². The second-order valence-electron chi connectivity index (χ2n) is 6.55. The van der Waals surface area contributed by atoms with Crippen molar-refractivity contribution in [2.24, 2.45) is 5.92 Å². The predicted octanol–water partition coefficient (Wildman–Crippen LogP) is 1.66. The van der Waals surface area contributed by atoms with Crippen LogP contribution in [0.2, 0.25) is 0 Å². The van der Waals surface area contributed by atoms with Gasteiger partial charge in [0.2, 0.25) is 5.91 Å². The van der Waals surface area contributed by atoms with Crippen LogP contribution < -0.4 is 5.32 Å². The van der Waals surface area contributed by atoms with E-state index in [1.54, 1.807) is 0 Å². The highest BCUT2D eigenvalue weighted by molar-refractivity contribution is 5.79. The van der Waals surface area contributed by atoms with Crippen LogP contribution >= 0.6 is 0 Å². The monoisotopic (exact) mass is 320 g/mol. The Hall–Kier alpha value is -2.05. The van der Waals surface area contributed by atoms with E-state index in [-0.39, 0.29) is 17.9 Å². The van der Waals surface area contributed by atoms with Gasteiger partial charge in [0.25, 0.3) is 0 Å². The van der Waals surface area contributed by atoms with Gasteiger partial charge in [-0.3, -0.25) is 9.48 Å². The van der Waals surface area contributed by atoms with Gasteiger partial charge >= 0.3 is 6.09 Å². The van der Waals surface area contributed by atoms with Crippen LogP contribution in [-0.2, 0) is 29.2 Å². The summed E-state index contributed by atoms with van der Waals surface area (Å²) in [5.41, 5.74) is 1.82. The number of hydrogen-bond acceptors (Lipinski definition) is 4. The normalized spacial score (nSPS) is 17.6. The number of alkyl carbamates (subject to hydrolysis) is 1. The SMILES string of the molecule is CC(C)OC(=O)NCc1cc2n(n1)CCN(C(=O)C1CCC1)C2. The maximum atomic E-state index is 12.3. The zero-order valence-electron chi connectivity index (χ0n) is 13.7. The van der Waals surface area contributed by atoms with Gasteiger partial charge < -0.3 is 15.0 Å². The average molecular weight is 320 g/mol. The third-order valence-electron chi connectivity index (χ3n) is 4.37. The molecule has 0 radical (unpaired) electrons. The summed E-state index contributed by atoms with van der Waals surface area (Å²) in [6.45, 7) is 5.99. The van der Waals surface area contributed by atoms with Gasteiger partial charge in [0.15, 0.2) is 0 Å². The van der Waals surface area contributed by atoms with E-state index in [4.69, 9.17) is 4.74 Å². The smallest absolute Gasteiger partial charge is 0.407 e. The molecule has 1 fully saturated rings. The Morgan fingerprint density at radius 3 is 2.83 bits per heavy atom. The minimum atomic E-state index is -0.437. The predicted molar refractivity (Wildman–Crippen MR) is 83.4 cm³/mol. The number of carbonyl (C=O) groups is 2. The third-order valence-corrected chi connectivity index (χ3v) is 4.37. The fourth-order valence-corrected chi connectivity index (χ4v) is 2.93. The van der Waals surface area contributed by atoms with Crippen molar-refractivity contribution in [3.05, 3.63) is 17.5 Å². The number of nitrogens with zero attached hydrogens (tertiary/aromatic N) is 3. The van der Waals surface area contributed by atoms with Crippen LogP contribution in [0.1, 0.15) is 44.5 Å². The summed E-state index contributed by atoms with van der Waals surface area (Å²) in [6.07, 6.45) is 2.65. The summed E-state index contributed by atoms with van der Waals surface area (Å²) in [5.74, 6) is 0.514. The molecule has 7 nitrogen and oxygen atoms in total. The lowest BCUT2D eigenvalue weighted by atomic mass is 9.84. The second-order valence-corrected chi connectivity index (χ2v) is 6.55. The molecule has 23 heavy (non-hydrogen) atoms. The lowest BCUT2D eigenvalue weighted by Crippen LogP contribution is -2.43. The first-order valence-electron chi connectivity index (χ1n) is 8.32. The maximum absolute atomic E-state index is 12.3. The van der Waals surface area contributed by atoms with Gasteiger partial charge in [0.1, 0.15) is 0 Å². The number of hydrogen-bond donors (Lipinski definition) is 1. The van der Waals surface area contributed by atoms with Crippen molar-refractivity contribution >= 4 is 12.0 Å². The molecular weight excluding hydrogens is 296 g/mol. The molecule has 0 unspecified atom stereocenters. The Bertz CT molecular complexity index is 592. The molecule has 0 saturated heterocycles. The van der Waals surface area contributed by atoms with E-state index >= 15 is 0 Å². The van der Waals surface area contributed by atoms with Crippen LogP contribution in [0.3, 0.4) is 0 Å². The van der Waals surface area contributed by atoms with Crippen molar-refractivity contribution in [3.8, 4) is 0 Å². The number of nitrogens with one attached hydrogen (secondary N) is 1. The van der Waals surface area contributed by atoms with Crippen molar-refractivity contribution in [3.63, 3.8) is 0 Å². The average Bonchev–Trinajstić information content (AvgIpc) is 2.84. The molecule has 1 aliphatic heterocycles. The minimum Gasteiger partial charge on any atom is -0.447 e. The molecule has 2 heterocycles. The van der Waals surface area contributed by atoms with E-state index in [1.807, 2.05) is 29.5 Å². The van der Waals surface area contributed by atoms with E-state index in [9.17, 15) is 9.59 Å². The lowest BCUT2D eigenvalue weighted by molar-refractivity contribution is -0.139. The topological polar surface area (TPSA) is 76.5 Å². The summed E-state index contributed by atoms with van der Waals surface area (Å²) in [4.78, 5) is 25.8. The van der Waals surface area contributed by atoms with E-state index in [0.29, 0.717) is 26.2 Å². The van der Waals surface area contributed by atoms with Crippen molar-refractivity contribution in [1.29, 1.82) is 0 Å². The first-order valence-corrected chi connectivity index (χ1v) is 8.32. The highest BCUT2D eigenvalue weighted by atomic mass is 16.6. The molecule has 1 aliphatic carbocycles. The van der Waals surface area contributed by atoms with E-state index in [0.717, 1.165) is 24.2 Å². The highest BCUT2D eigenvalue weighted by Crippen LogP contribution is 2.29. The molecule has 1 aromatic heterocycles. The van der Waals surface area contributed by atoms with E-state index in [2.05, 4.69) is 10.4 Å². The molecule has 3 rings (SSSR count). The first kappa shape index (κ1) is 15.8. The molecule has 0 spiro atoms. The maximum Gasteiger partial charge on any atom is 0.407 e. The van der Waals surface area contributed by atoms with Crippen LogP contribution in [0.25, 0.3) is 0 Å². The van der Waals surface area contributed by atoms with Crippen molar-refractivity contribution < 1.29 is 14.3 Å². The fraction of sp³-hybridized carbons (Fsp3) is 0.688. The van der Waals surface area contributed by atoms with E-state index in [1.165, 1.54) is 6.42 Å². The summed E-state index contributed by atoms with van der Waals surface area (Å²) in [7, 11) is 0. The molecule has 1 N–H and O–H groups in total. The van der Waals surface area contributed by atoms with E-state index < -0.39 is 6.09 Å². The van der Waals surface area contributed by atoms with Crippen LogP contribution in [-0.4, -0.2) is 39.3 Å². The number of aromatic nitrogens is 2. The zero-order chi connectivity index (χ0) is 16.4. The van der Waals surface area contributed by atoms with Gasteiger partial charge in [0.05, 0.1) is 37.1 Å². The van der Waals surface area contributed by atoms with Gasteiger partial charge in [-0.2, -0.15) is 5.10 Å². The van der Waals surface area contributed by atoms with Crippen LogP contribution in [0.15, 0.2) is 6.07 Å². The molecule has 0 atom stereocenters. The van der Waals surface area contributed by atoms with Crippen LogP contribution in [0.4, 0.5) is 4.79 Å². The zero-order valence-corrected chi connectivity index (χ0v) is 13.7. The quantitative estimate of drug-likeness (QED) is 0.915. The fourth-order valence-electron chi connectivity index (χ4n) is 2.93. The largest absolute Gasteiger partial charge is 0.447 e. The standard InChI is InChI=1S/C16H24N4O3/c1-11(2)23-16(22)17-9-13-8-14-10-19(6-7-20(14)18-13)15(21)12-4-3-5-12/h8,11-12H,3-7,9-10H2,1-2H3,(H,17,22). The number of fused-ring (bicyclic) bond motifs is 1. The Labute approximate surface area is 136 Å². The van der Waals surface area contributed by atoms with Gasteiger partial charge in [-0.05, 0) is 32.8 Å². The molecular formula is C16H24N4O3. The Morgan fingerprint density at radius 1 is 1.39 bits per heavy atom. The van der Waals surface area contributed by atoms with Gasteiger partial charge in [-0.15, -0.1) is 0 Å². The third kappa shape index (κ3) is 3.65. The molecule has 2 amide bonds. The molecule has 126 valence electrons. The van der Waals surface area contributed by atoms with Crippen molar-refractivity contribution in [2.75, 3.05) is 6.54 Å². The Balaban J connectivity index is 1.56. The van der Waals surface area contributed by atoms with Gasteiger partial charge in [-0.25, -0.2) is 4.79 Å². The highest BCUT2D eigenvalue weighted by Gasteiger charge is 2.31. The molecule has 1 aromatic rings. The molecule has 0 bridgehead atoms. The first-order chi connectivity index (χ1) is 11.0. The Kier molecular flexibility index (Phi) is 4.54. The van der Waals surface area contributed by atoms with Crippen molar-refractivity contribution in [1.82, 2.24) is 20.0 Å². The van der Waals surface area contributed by atoms with Crippen LogP contribution in [0.5, 0.6) is 0 Å². The minimum absolute atomic E-state index is 0.142. The van der Waals surface area contributed by atoms with Gasteiger partial charge in [0, 0.05) is 12.5 Å². The lowest BCUT2D eigenvalue weighted by Gasteiger charge is -2.34. The molecule has 1 saturated carbocycles.